The Kier molecular flexibility index (Phi) is 7.16. The smallest absolute Gasteiger partial charge is 0.381 e. The van der Waals surface area contributed by atoms with Gasteiger partial charge in [-0.2, -0.15) is 13.2 Å². The maximum Gasteiger partial charge on any atom is 0.416 e. The van der Waals surface area contributed by atoms with Crippen LogP contribution in [0.1, 0.15) is 60.5 Å². The van der Waals surface area contributed by atoms with Gasteiger partial charge in [0.15, 0.2) is 0 Å². The molecule has 4 atom stereocenters. The van der Waals surface area contributed by atoms with Gasteiger partial charge in [0, 0.05) is 25.3 Å². The van der Waals surface area contributed by atoms with E-state index in [9.17, 15) is 22.4 Å². The van der Waals surface area contributed by atoms with E-state index in [1.807, 2.05) is 0 Å². The zero-order chi connectivity index (χ0) is 26.3. The second kappa shape index (κ2) is 10.2. The molecule has 2 fully saturated rings. The van der Waals surface area contributed by atoms with Gasteiger partial charge in [-0.05, 0) is 73.9 Å². The molecule has 4 nitrogen and oxygen atoms in total. The zero-order valence-corrected chi connectivity index (χ0v) is 20.9. The van der Waals surface area contributed by atoms with Crippen molar-refractivity contribution in [2.75, 3.05) is 19.8 Å². The molecule has 0 saturated carbocycles. The van der Waals surface area contributed by atoms with Gasteiger partial charge in [-0.15, -0.1) is 0 Å². The third-order valence-corrected chi connectivity index (χ3v) is 7.84. The van der Waals surface area contributed by atoms with Crippen molar-refractivity contribution in [3.8, 4) is 0 Å². The third-order valence-electron chi connectivity index (χ3n) is 7.84. The largest absolute Gasteiger partial charge is 0.416 e. The number of nitrogens with zero attached hydrogens (tertiary/aromatic N) is 1. The molecule has 0 radical (unpaired) electrons. The highest BCUT2D eigenvalue weighted by atomic mass is 19.4. The van der Waals surface area contributed by atoms with Crippen molar-refractivity contribution in [1.82, 2.24) is 4.90 Å². The van der Waals surface area contributed by atoms with E-state index < -0.39 is 23.9 Å². The molecule has 2 aromatic rings. The van der Waals surface area contributed by atoms with Crippen molar-refractivity contribution < 1.29 is 31.8 Å². The minimum atomic E-state index is -4.46. The molecule has 0 N–H and O–H groups in total. The van der Waals surface area contributed by atoms with Crippen LogP contribution in [-0.4, -0.2) is 36.7 Å². The normalized spacial score (nSPS) is 25.7. The Balaban J connectivity index is 1.47. The van der Waals surface area contributed by atoms with Gasteiger partial charge in [0.2, 0.25) is 5.91 Å². The predicted molar refractivity (Wildman–Crippen MR) is 130 cm³/mol. The standard InChI is InChI=1S/C29H31F4NO3/c1-17-11-21(13-23(12-17)29(31,32)33)18(2)37-26-16-34-25(28(26)20-3-5-24(30)6-4-20)14-22(15-27(34)35)19-7-9-36-10-8-19/h3-6,11-14,18-19,22,26,28H,7-10,15-16H2,1-2H3/t18-,22?,26+,28?/m1/s1. The SMILES string of the molecule is Cc1cc([C@@H](C)O[C@H]2CN3C(=O)CC(C4CCOCC4)C=C3C2c2ccc(F)cc2)cc(C(F)(F)F)c1. The first-order valence-corrected chi connectivity index (χ1v) is 12.8. The van der Waals surface area contributed by atoms with Crippen molar-refractivity contribution in [2.24, 2.45) is 11.8 Å². The van der Waals surface area contributed by atoms with E-state index in [2.05, 4.69) is 6.08 Å². The molecule has 3 heterocycles. The molecule has 2 saturated heterocycles. The van der Waals surface area contributed by atoms with Gasteiger partial charge in [0.05, 0.1) is 30.2 Å². The van der Waals surface area contributed by atoms with Crippen LogP contribution in [0.5, 0.6) is 0 Å². The summed E-state index contributed by atoms with van der Waals surface area (Å²) in [5.74, 6) is -0.227. The summed E-state index contributed by atoms with van der Waals surface area (Å²) in [4.78, 5) is 15.0. The van der Waals surface area contributed by atoms with Crippen molar-refractivity contribution in [3.63, 3.8) is 0 Å². The number of ether oxygens (including phenoxy) is 2. The van der Waals surface area contributed by atoms with Crippen molar-refractivity contribution in [2.45, 2.75) is 57.4 Å². The number of halogens is 4. The first kappa shape index (κ1) is 25.9. The number of carbonyl (C=O) groups is 1. The summed E-state index contributed by atoms with van der Waals surface area (Å²) in [7, 11) is 0. The fraction of sp³-hybridized carbons (Fsp3) is 0.483. The molecule has 8 heteroatoms. The molecular formula is C29H31F4NO3. The molecule has 0 spiro atoms. The topological polar surface area (TPSA) is 38.8 Å². The first-order valence-electron chi connectivity index (χ1n) is 12.8. The van der Waals surface area contributed by atoms with E-state index in [0.717, 1.165) is 36.2 Å². The molecule has 2 aromatic carbocycles. The van der Waals surface area contributed by atoms with E-state index in [1.165, 1.54) is 12.1 Å². The molecule has 198 valence electrons. The Morgan fingerprint density at radius 1 is 1.08 bits per heavy atom. The minimum Gasteiger partial charge on any atom is -0.381 e. The summed E-state index contributed by atoms with van der Waals surface area (Å²) >= 11 is 0. The summed E-state index contributed by atoms with van der Waals surface area (Å²) < 4.78 is 66.0. The molecule has 37 heavy (non-hydrogen) atoms. The lowest BCUT2D eigenvalue weighted by molar-refractivity contribution is -0.138. The summed E-state index contributed by atoms with van der Waals surface area (Å²) in [5.41, 5.74) is 1.87. The predicted octanol–water partition coefficient (Wildman–Crippen LogP) is 6.56. The van der Waals surface area contributed by atoms with Gasteiger partial charge in [0.25, 0.3) is 0 Å². The van der Waals surface area contributed by atoms with Crippen LogP contribution < -0.4 is 0 Å². The van der Waals surface area contributed by atoms with Gasteiger partial charge >= 0.3 is 6.18 Å². The van der Waals surface area contributed by atoms with Crippen LogP contribution in [0.2, 0.25) is 0 Å². The van der Waals surface area contributed by atoms with E-state index in [4.69, 9.17) is 9.47 Å². The highest BCUT2D eigenvalue weighted by Gasteiger charge is 2.46. The zero-order valence-electron chi connectivity index (χ0n) is 20.9. The number of allylic oxidation sites excluding steroid dienone is 1. The quantitative estimate of drug-likeness (QED) is 0.422. The van der Waals surface area contributed by atoms with Gasteiger partial charge in [-0.3, -0.25) is 4.79 Å². The molecule has 3 aliphatic rings. The van der Waals surface area contributed by atoms with Crippen molar-refractivity contribution >= 4 is 5.91 Å². The summed E-state index contributed by atoms with van der Waals surface area (Å²) in [6.07, 6.45) is -1.20. The number of amides is 1. The maximum absolute atomic E-state index is 13.8. The number of alkyl halides is 3. The number of hydrogen-bond donors (Lipinski definition) is 0. The van der Waals surface area contributed by atoms with Crippen LogP contribution >= 0.6 is 0 Å². The summed E-state index contributed by atoms with van der Waals surface area (Å²) in [6, 6.07) is 10.1. The Hall–Kier alpha value is -2.71. The molecule has 1 amide bonds. The molecule has 2 unspecified atom stereocenters. The summed E-state index contributed by atoms with van der Waals surface area (Å²) in [6.45, 7) is 5.03. The van der Waals surface area contributed by atoms with Crippen LogP contribution in [0.3, 0.4) is 0 Å². The lowest BCUT2D eigenvalue weighted by atomic mass is 9.80. The van der Waals surface area contributed by atoms with Gasteiger partial charge in [0.1, 0.15) is 5.82 Å². The highest BCUT2D eigenvalue weighted by Crippen LogP contribution is 2.46. The number of benzene rings is 2. The van der Waals surface area contributed by atoms with Crippen LogP contribution in [0.4, 0.5) is 17.6 Å². The number of rotatable bonds is 5. The lowest BCUT2D eigenvalue weighted by Crippen LogP contribution is -2.36. The Morgan fingerprint density at radius 3 is 2.46 bits per heavy atom. The second-order valence-corrected chi connectivity index (χ2v) is 10.4. The van der Waals surface area contributed by atoms with Crippen LogP contribution in [0.15, 0.2) is 54.2 Å². The molecule has 5 rings (SSSR count). The monoisotopic (exact) mass is 517 g/mol. The second-order valence-electron chi connectivity index (χ2n) is 10.4. The fourth-order valence-corrected chi connectivity index (χ4v) is 5.95. The molecule has 0 aromatic heterocycles. The van der Waals surface area contributed by atoms with Crippen LogP contribution in [0, 0.1) is 24.6 Å². The summed E-state index contributed by atoms with van der Waals surface area (Å²) in [5, 5.41) is 0. The van der Waals surface area contributed by atoms with Gasteiger partial charge < -0.3 is 14.4 Å². The molecule has 3 aliphatic heterocycles. The average Bonchev–Trinajstić information content (AvgIpc) is 3.22. The Morgan fingerprint density at radius 2 is 1.78 bits per heavy atom. The Labute approximate surface area is 214 Å². The fourth-order valence-electron chi connectivity index (χ4n) is 5.95. The molecule has 0 bridgehead atoms. The maximum atomic E-state index is 13.8. The number of carbonyl (C=O) groups excluding carboxylic acids is 1. The van der Waals surface area contributed by atoms with Crippen molar-refractivity contribution in [1.29, 1.82) is 0 Å². The van der Waals surface area contributed by atoms with E-state index in [0.29, 0.717) is 43.2 Å². The van der Waals surface area contributed by atoms with E-state index in [1.54, 1.807) is 36.9 Å². The molecular weight excluding hydrogens is 486 g/mol. The number of fused-ring (bicyclic) bond motifs is 1. The number of hydrogen-bond acceptors (Lipinski definition) is 3. The van der Waals surface area contributed by atoms with Gasteiger partial charge in [-0.25, -0.2) is 4.39 Å². The molecule has 0 aliphatic carbocycles. The van der Waals surface area contributed by atoms with Crippen molar-refractivity contribution in [3.05, 3.63) is 82.3 Å². The van der Waals surface area contributed by atoms with Gasteiger partial charge in [-0.1, -0.05) is 29.8 Å². The Bertz CT molecular complexity index is 1170. The van der Waals surface area contributed by atoms with Crippen LogP contribution in [0.25, 0.3) is 0 Å². The third kappa shape index (κ3) is 5.46. The minimum absolute atomic E-state index is 0.0229. The first-order chi connectivity index (χ1) is 17.6. The van der Waals surface area contributed by atoms with E-state index >= 15 is 0 Å². The van der Waals surface area contributed by atoms with Crippen LogP contribution in [-0.2, 0) is 20.4 Å². The number of aryl methyl sites for hydroxylation is 1. The average molecular weight is 518 g/mol. The van der Waals surface area contributed by atoms with E-state index in [-0.39, 0.29) is 23.6 Å². The highest BCUT2D eigenvalue weighted by molar-refractivity contribution is 5.81. The lowest BCUT2D eigenvalue weighted by Gasteiger charge is -2.34.